The first kappa shape index (κ1) is 22.9. The van der Waals surface area contributed by atoms with Crippen LogP contribution in [0, 0.1) is 11.6 Å². The van der Waals surface area contributed by atoms with Gasteiger partial charge in [-0.3, -0.25) is 9.89 Å². The molecule has 0 radical (unpaired) electrons. The molecule has 0 bridgehead atoms. The van der Waals surface area contributed by atoms with Crippen molar-refractivity contribution in [2.75, 3.05) is 10.6 Å². The van der Waals surface area contributed by atoms with Crippen molar-refractivity contribution in [3.8, 4) is 5.75 Å². The summed E-state index contributed by atoms with van der Waals surface area (Å²) in [5, 5.41) is 13.1. The highest BCUT2D eigenvalue weighted by atomic mass is 19.2. The number of aromatic nitrogens is 4. The van der Waals surface area contributed by atoms with E-state index in [2.05, 4.69) is 30.8 Å². The molecule has 3 N–H and O–H groups in total. The zero-order valence-electron chi connectivity index (χ0n) is 18.8. The lowest BCUT2D eigenvalue weighted by Crippen LogP contribution is -2.16. The SMILES string of the molecule is O=C(Cc1cc(Nc2ncnc3cc(OCc4ccccc4)ccc23)n[nH]1)Nc1cccc(F)c1F. The summed E-state index contributed by atoms with van der Waals surface area (Å²) in [5.41, 5.74) is 2.00. The van der Waals surface area contributed by atoms with E-state index >= 15 is 0 Å². The number of carbonyl (C=O) groups is 1. The number of aromatic amines is 1. The highest BCUT2D eigenvalue weighted by molar-refractivity contribution is 5.93. The number of benzene rings is 3. The average molecular weight is 486 g/mol. The normalized spacial score (nSPS) is 10.8. The van der Waals surface area contributed by atoms with E-state index < -0.39 is 17.5 Å². The van der Waals surface area contributed by atoms with E-state index in [1.165, 1.54) is 18.5 Å². The molecule has 0 unspecified atom stereocenters. The zero-order chi connectivity index (χ0) is 24.9. The highest BCUT2D eigenvalue weighted by Gasteiger charge is 2.13. The summed E-state index contributed by atoms with van der Waals surface area (Å²) in [5.74, 6) is -1.03. The standard InChI is InChI=1S/C26H20F2N6O2/c27-20-7-4-8-21(25(20)28)31-24(35)12-17-11-23(34-33-17)32-26-19-10-9-18(13-22(19)29-15-30-26)36-14-16-5-2-1-3-6-16/h1-11,13,15H,12,14H2,(H,31,35)(H2,29,30,32,33,34). The van der Waals surface area contributed by atoms with Gasteiger partial charge >= 0.3 is 0 Å². The number of hydrogen-bond donors (Lipinski definition) is 3. The Bertz CT molecular complexity index is 1520. The van der Waals surface area contributed by atoms with E-state index in [9.17, 15) is 13.6 Å². The maximum atomic E-state index is 13.8. The van der Waals surface area contributed by atoms with E-state index in [1.54, 1.807) is 6.07 Å². The Morgan fingerprint density at radius 1 is 0.972 bits per heavy atom. The van der Waals surface area contributed by atoms with Gasteiger partial charge in [-0.1, -0.05) is 36.4 Å². The lowest BCUT2D eigenvalue weighted by Gasteiger charge is -2.09. The van der Waals surface area contributed by atoms with E-state index in [-0.39, 0.29) is 12.1 Å². The number of carbonyl (C=O) groups excluding carboxylic acids is 1. The van der Waals surface area contributed by atoms with Gasteiger partial charge in [-0.25, -0.2) is 18.7 Å². The maximum Gasteiger partial charge on any atom is 0.230 e. The van der Waals surface area contributed by atoms with Crippen LogP contribution in [-0.4, -0.2) is 26.1 Å². The summed E-state index contributed by atoms with van der Waals surface area (Å²) in [6.07, 6.45) is 1.32. The predicted octanol–water partition coefficient (Wildman–Crippen LogP) is 5.13. The van der Waals surface area contributed by atoms with Gasteiger partial charge in [0.25, 0.3) is 0 Å². The molecular formula is C26H20F2N6O2. The highest BCUT2D eigenvalue weighted by Crippen LogP contribution is 2.26. The molecule has 0 atom stereocenters. The van der Waals surface area contributed by atoms with Gasteiger partial charge in [0.1, 0.15) is 24.5 Å². The molecule has 0 saturated carbocycles. The van der Waals surface area contributed by atoms with Crippen LogP contribution >= 0.6 is 0 Å². The minimum Gasteiger partial charge on any atom is -0.489 e. The summed E-state index contributed by atoms with van der Waals surface area (Å²) >= 11 is 0. The molecule has 180 valence electrons. The van der Waals surface area contributed by atoms with Crippen LogP contribution in [0.25, 0.3) is 10.9 Å². The number of anilines is 3. The second-order valence-corrected chi connectivity index (χ2v) is 7.91. The van der Waals surface area contributed by atoms with Gasteiger partial charge in [-0.05, 0) is 29.8 Å². The van der Waals surface area contributed by atoms with E-state index in [4.69, 9.17) is 4.74 Å². The van der Waals surface area contributed by atoms with Crippen LogP contribution in [0.3, 0.4) is 0 Å². The van der Waals surface area contributed by atoms with Crippen LogP contribution in [0.4, 0.5) is 26.1 Å². The number of H-pyrrole nitrogens is 1. The van der Waals surface area contributed by atoms with Crippen molar-refractivity contribution in [1.82, 2.24) is 20.2 Å². The fraction of sp³-hybridized carbons (Fsp3) is 0.0769. The number of rotatable bonds is 8. The molecule has 36 heavy (non-hydrogen) atoms. The van der Waals surface area contributed by atoms with Gasteiger partial charge < -0.3 is 15.4 Å². The first-order valence-corrected chi connectivity index (χ1v) is 11.0. The molecule has 10 heteroatoms. The van der Waals surface area contributed by atoms with Crippen LogP contribution < -0.4 is 15.4 Å². The van der Waals surface area contributed by atoms with Crippen LogP contribution in [0.1, 0.15) is 11.3 Å². The van der Waals surface area contributed by atoms with Gasteiger partial charge in [0.2, 0.25) is 5.91 Å². The molecule has 1 amide bonds. The predicted molar refractivity (Wildman–Crippen MR) is 131 cm³/mol. The maximum absolute atomic E-state index is 13.8. The summed E-state index contributed by atoms with van der Waals surface area (Å²) in [4.78, 5) is 20.9. The van der Waals surface area contributed by atoms with E-state index in [0.717, 1.165) is 17.0 Å². The number of nitrogens with zero attached hydrogens (tertiary/aromatic N) is 3. The third-order valence-electron chi connectivity index (χ3n) is 5.31. The Balaban J connectivity index is 1.24. The summed E-state index contributed by atoms with van der Waals surface area (Å²) in [7, 11) is 0. The smallest absolute Gasteiger partial charge is 0.230 e. The average Bonchev–Trinajstić information content (AvgIpc) is 3.32. The molecule has 0 saturated heterocycles. The molecule has 0 spiro atoms. The molecule has 2 heterocycles. The third-order valence-corrected chi connectivity index (χ3v) is 5.31. The van der Waals surface area contributed by atoms with Crippen molar-refractivity contribution >= 4 is 34.1 Å². The largest absolute Gasteiger partial charge is 0.489 e. The second kappa shape index (κ2) is 10.2. The molecule has 8 nitrogen and oxygen atoms in total. The van der Waals surface area contributed by atoms with Crippen LogP contribution in [0.2, 0.25) is 0 Å². The van der Waals surface area contributed by atoms with Gasteiger partial charge in [0.05, 0.1) is 17.6 Å². The molecule has 0 fully saturated rings. The molecule has 5 aromatic rings. The van der Waals surface area contributed by atoms with Crippen molar-refractivity contribution in [3.63, 3.8) is 0 Å². The minimum absolute atomic E-state index is 0.114. The van der Waals surface area contributed by atoms with Gasteiger partial charge in [0.15, 0.2) is 17.5 Å². The third kappa shape index (κ3) is 5.27. The molecule has 3 aromatic carbocycles. The first-order chi connectivity index (χ1) is 17.5. The van der Waals surface area contributed by atoms with Crippen LogP contribution in [-0.2, 0) is 17.8 Å². The molecule has 0 aliphatic rings. The van der Waals surface area contributed by atoms with Crippen molar-refractivity contribution in [2.45, 2.75) is 13.0 Å². The van der Waals surface area contributed by atoms with Gasteiger partial charge in [0, 0.05) is 23.2 Å². The summed E-state index contributed by atoms with van der Waals surface area (Å²) in [6, 6.07) is 20.6. The van der Waals surface area contributed by atoms with E-state index in [1.807, 2.05) is 48.5 Å². The summed E-state index contributed by atoms with van der Waals surface area (Å²) < 4.78 is 33.0. The van der Waals surface area contributed by atoms with Crippen LogP contribution in [0.5, 0.6) is 5.75 Å². The Hall–Kier alpha value is -4.86. The number of ether oxygens (including phenoxy) is 1. The minimum atomic E-state index is -1.11. The van der Waals surface area contributed by atoms with Crippen molar-refractivity contribution in [2.24, 2.45) is 0 Å². The Morgan fingerprint density at radius 3 is 2.69 bits per heavy atom. The quantitative estimate of drug-likeness (QED) is 0.281. The topological polar surface area (TPSA) is 105 Å². The monoisotopic (exact) mass is 486 g/mol. The number of nitrogens with one attached hydrogen (secondary N) is 3. The van der Waals surface area contributed by atoms with Crippen molar-refractivity contribution in [3.05, 3.63) is 102 Å². The number of hydrogen-bond acceptors (Lipinski definition) is 6. The molecule has 0 aliphatic heterocycles. The van der Waals surface area contributed by atoms with E-state index in [0.29, 0.717) is 35.2 Å². The zero-order valence-corrected chi connectivity index (χ0v) is 18.8. The number of amides is 1. The molecule has 0 aliphatic carbocycles. The lowest BCUT2D eigenvalue weighted by atomic mass is 10.2. The molecule has 2 aromatic heterocycles. The fourth-order valence-electron chi connectivity index (χ4n) is 3.57. The molecule has 5 rings (SSSR count). The fourth-order valence-corrected chi connectivity index (χ4v) is 3.57. The second-order valence-electron chi connectivity index (χ2n) is 7.91. The van der Waals surface area contributed by atoms with Crippen LogP contribution in [0.15, 0.2) is 79.1 Å². The first-order valence-electron chi connectivity index (χ1n) is 11.0. The van der Waals surface area contributed by atoms with Gasteiger partial charge in [-0.15, -0.1) is 0 Å². The molecular weight excluding hydrogens is 466 g/mol. The lowest BCUT2D eigenvalue weighted by molar-refractivity contribution is -0.115. The van der Waals surface area contributed by atoms with Crippen molar-refractivity contribution < 1.29 is 18.3 Å². The number of halogens is 2. The number of fused-ring (bicyclic) bond motifs is 1. The Labute approximate surface area is 204 Å². The van der Waals surface area contributed by atoms with Gasteiger partial charge in [-0.2, -0.15) is 5.10 Å². The summed E-state index contributed by atoms with van der Waals surface area (Å²) in [6.45, 7) is 0.442. The Kier molecular flexibility index (Phi) is 6.48. The Morgan fingerprint density at radius 2 is 1.83 bits per heavy atom. The van der Waals surface area contributed by atoms with Crippen molar-refractivity contribution in [1.29, 1.82) is 0 Å².